The lowest BCUT2D eigenvalue weighted by atomic mass is 10.1. The van der Waals surface area contributed by atoms with Gasteiger partial charge in [0.05, 0.1) is 6.54 Å². The second-order valence-electron chi connectivity index (χ2n) is 7.90. The van der Waals surface area contributed by atoms with Gasteiger partial charge in [0.2, 0.25) is 0 Å². The highest BCUT2D eigenvalue weighted by Gasteiger charge is 2.16. The minimum absolute atomic E-state index is 0. The summed E-state index contributed by atoms with van der Waals surface area (Å²) in [7, 11) is 0. The SMILES string of the molecule is CCNC(=NCc1ccccc1CN1CCN(CC)CC1)NCCn1cnnc1CC.I. The van der Waals surface area contributed by atoms with E-state index in [-0.39, 0.29) is 24.0 Å². The molecule has 1 saturated heterocycles. The number of nitrogens with zero attached hydrogens (tertiary/aromatic N) is 6. The Balaban J connectivity index is 0.00000363. The number of hydrogen-bond acceptors (Lipinski definition) is 5. The van der Waals surface area contributed by atoms with E-state index in [9.17, 15) is 0 Å². The van der Waals surface area contributed by atoms with E-state index in [0.29, 0.717) is 6.54 Å². The molecule has 1 aliphatic rings. The normalized spacial score (nSPS) is 15.4. The van der Waals surface area contributed by atoms with E-state index in [1.165, 1.54) is 11.1 Å². The van der Waals surface area contributed by atoms with Crippen LogP contribution in [0.3, 0.4) is 0 Å². The molecule has 2 heterocycles. The molecule has 0 amide bonds. The Hall–Kier alpha value is -1.72. The van der Waals surface area contributed by atoms with Gasteiger partial charge < -0.3 is 20.1 Å². The summed E-state index contributed by atoms with van der Waals surface area (Å²) < 4.78 is 2.09. The van der Waals surface area contributed by atoms with E-state index in [1.807, 2.05) is 0 Å². The van der Waals surface area contributed by atoms with Gasteiger partial charge in [-0.25, -0.2) is 4.99 Å². The smallest absolute Gasteiger partial charge is 0.191 e. The maximum Gasteiger partial charge on any atom is 0.191 e. The van der Waals surface area contributed by atoms with E-state index < -0.39 is 0 Å². The topological polar surface area (TPSA) is 73.6 Å². The molecule has 32 heavy (non-hydrogen) atoms. The molecule has 9 heteroatoms. The van der Waals surface area contributed by atoms with Crippen LogP contribution in [0.5, 0.6) is 0 Å². The molecule has 1 aromatic carbocycles. The summed E-state index contributed by atoms with van der Waals surface area (Å²) in [6, 6.07) is 8.70. The molecule has 1 fully saturated rings. The van der Waals surface area contributed by atoms with E-state index in [1.54, 1.807) is 6.33 Å². The van der Waals surface area contributed by atoms with Crippen LogP contribution in [-0.4, -0.2) is 76.3 Å². The van der Waals surface area contributed by atoms with E-state index in [4.69, 9.17) is 4.99 Å². The third-order valence-electron chi connectivity index (χ3n) is 5.83. The number of nitrogens with one attached hydrogen (secondary N) is 2. The van der Waals surface area contributed by atoms with Crippen molar-refractivity contribution in [1.82, 2.24) is 35.2 Å². The van der Waals surface area contributed by atoms with Crippen molar-refractivity contribution in [2.75, 3.05) is 45.8 Å². The summed E-state index contributed by atoms with van der Waals surface area (Å²) in [5.41, 5.74) is 2.67. The summed E-state index contributed by atoms with van der Waals surface area (Å²) in [5.74, 6) is 1.86. The van der Waals surface area contributed by atoms with Gasteiger partial charge in [-0.2, -0.15) is 0 Å². The van der Waals surface area contributed by atoms with Gasteiger partial charge in [-0.3, -0.25) is 4.90 Å². The molecule has 2 aromatic rings. The van der Waals surface area contributed by atoms with Crippen LogP contribution in [0.4, 0.5) is 0 Å². The molecule has 8 nitrogen and oxygen atoms in total. The van der Waals surface area contributed by atoms with Gasteiger partial charge in [-0.1, -0.05) is 38.1 Å². The maximum atomic E-state index is 4.85. The Kier molecular flexibility index (Phi) is 12.0. The lowest BCUT2D eigenvalue weighted by molar-refractivity contribution is 0.131. The number of benzene rings is 1. The summed E-state index contributed by atoms with van der Waals surface area (Å²) in [5, 5.41) is 14.9. The van der Waals surface area contributed by atoms with Gasteiger partial charge in [-0.05, 0) is 24.6 Å². The van der Waals surface area contributed by atoms with E-state index in [0.717, 1.165) is 77.1 Å². The monoisotopic (exact) mass is 554 g/mol. The third-order valence-corrected chi connectivity index (χ3v) is 5.83. The van der Waals surface area contributed by atoms with Crippen molar-refractivity contribution in [2.24, 2.45) is 4.99 Å². The second kappa shape index (κ2) is 14.4. The molecule has 0 aliphatic carbocycles. The van der Waals surface area contributed by atoms with Crippen molar-refractivity contribution >= 4 is 29.9 Å². The molecule has 1 aliphatic heterocycles. The highest BCUT2D eigenvalue weighted by Crippen LogP contribution is 2.14. The summed E-state index contributed by atoms with van der Waals surface area (Å²) in [6.45, 7) is 16.3. The molecule has 178 valence electrons. The number of aryl methyl sites for hydroxylation is 1. The van der Waals surface area contributed by atoms with Crippen LogP contribution in [0.15, 0.2) is 35.6 Å². The predicted molar refractivity (Wildman–Crippen MR) is 141 cm³/mol. The van der Waals surface area contributed by atoms with Crippen molar-refractivity contribution in [2.45, 2.75) is 46.8 Å². The third kappa shape index (κ3) is 8.00. The van der Waals surface area contributed by atoms with Crippen molar-refractivity contribution in [3.8, 4) is 0 Å². The standard InChI is InChI=1S/C23H38N8.HI/c1-4-22-28-27-19-31(22)12-11-25-23(24-5-2)26-17-20-9-7-8-10-21(20)18-30-15-13-29(6-3)14-16-30;/h7-10,19H,4-6,11-18H2,1-3H3,(H2,24,25,26);1H. The van der Waals surface area contributed by atoms with Gasteiger partial charge in [-0.15, -0.1) is 34.2 Å². The quantitative estimate of drug-likeness (QED) is 0.267. The molecular weight excluding hydrogens is 515 g/mol. The van der Waals surface area contributed by atoms with Gasteiger partial charge in [0.15, 0.2) is 5.96 Å². The molecule has 0 radical (unpaired) electrons. The van der Waals surface area contributed by atoms with E-state index >= 15 is 0 Å². The molecule has 2 N–H and O–H groups in total. The first-order valence-corrected chi connectivity index (χ1v) is 11.6. The highest BCUT2D eigenvalue weighted by atomic mass is 127. The summed E-state index contributed by atoms with van der Waals surface area (Å²) >= 11 is 0. The van der Waals surface area contributed by atoms with Crippen LogP contribution in [0.25, 0.3) is 0 Å². The van der Waals surface area contributed by atoms with Crippen LogP contribution < -0.4 is 10.6 Å². The van der Waals surface area contributed by atoms with Gasteiger partial charge in [0, 0.05) is 58.8 Å². The van der Waals surface area contributed by atoms with Crippen LogP contribution >= 0.6 is 24.0 Å². The van der Waals surface area contributed by atoms with Crippen molar-refractivity contribution in [3.05, 3.63) is 47.5 Å². The molecule has 0 unspecified atom stereocenters. The van der Waals surface area contributed by atoms with Crippen LogP contribution in [0.2, 0.25) is 0 Å². The number of likely N-dealkylation sites (N-methyl/N-ethyl adjacent to an activating group) is 1. The first kappa shape index (κ1) is 26.5. The van der Waals surface area contributed by atoms with Crippen LogP contribution in [0, 0.1) is 0 Å². The van der Waals surface area contributed by atoms with Crippen LogP contribution in [0.1, 0.15) is 37.7 Å². The number of aromatic nitrogens is 3. The largest absolute Gasteiger partial charge is 0.357 e. The molecular formula is C23H39IN8. The average Bonchev–Trinajstić information content (AvgIpc) is 3.26. The zero-order valence-corrected chi connectivity index (χ0v) is 22.1. The fourth-order valence-electron chi connectivity index (χ4n) is 3.91. The first-order valence-electron chi connectivity index (χ1n) is 11.6. The van der Waals surface area contributed by atoms with Crippen molar-refractivity contribution < 1.29 is 0 Å². The predicted octanol–water partition coefficient (Wildman–Crippen LogP) is 2.35. The number of hydrogen-bond donors (Lipinski definition) is 2. The minimum atomic E-state index is 0. The Bertz CT molecular complexity index is 814. The Morgan fingerprint density at radius 3 is 2.41 bits per heavy atom. The number of guanidine groups is 1. The highest BCUT2D eigenvalue weighted by molar-refractivity contribution is 14.0. The summed E-state index contributed by atoms with van der Waals surface area (Å²) in [6.07, 6.45) is 2.68. The van der Waals surface area contributed by atoms with Crippen molar-refractivity contribution in [3.63, 3.8) is 0 Å². The van der Waals surface area contributed by atoms with Crippen LogP contribution in [-0.2, 0) is 26.1 Å². The number of rotatable bonds is 10. The van der Waals surface area contributed by atoms with Gasteiger partial charge in [0.1, 0.15) is 12.2 Å². The molecule has 0 saturated carbocycles. The zero-order valence-electron chi connectivity index (χ0n) is 19.8. The fraction of sp³-hybridized carbons (Fsp3) is 0.609. The maximum absolute atomic E-state index is 4.85. The van der Waals surface area contributed by atoms with Crippen molar-refractivity contribution in [1.29, 1.82) is 0 Å². The van der Waals surface area contributed by atoms with Gasteiger partial charge in [0.25, 0.3) is 0 Å². The minimum Gasteiger partial charge on any atom is -0.357 e. The zero-order chi connectivity index (χ0) is 21.9. The van der Waals surface area contributed by atoms with Gasteiger partial charge >= 0.3 is 0 Å². The lowest BCUT2D eigenvalue weighted by Crippen LogP contribution is -2.45. The lowest BCUT2D eigenvalue weighted by Gasteiger charge is -2.34. The number of halogens is 1. The Labute approximate surface area is 209 Å². The fourth-order valence-corrected chi connectivity index (χ4v) is 3.91. The Morgan fingerprint density at radius 1 is 1.00 bits per heavy atom. The van der Waals surface area contributed by atoms with E-state index in [2.05, 4.69) is 80.2 Å². The molecule has 0 atom stereocenters. The number of piperazine rings is 1. The average molecular weight is 555 g/mol. The molecule has 0 bridgehead atoms. The number of aliphatic imine (C=N–C) groups is 1. The molecule has 0 spiro atoms. The first-order chi connectivity index (χ1) is 15.2. The Morgan fingerprint density at radius 2 is 1.72 bits per heavy atom. The summed E-state index contributed by atoms with van der Waals surface area (Å²) in [4.78, 5) is 9.93. The molecule has 3 rings (SSSR count). The molecule has 1 aromatic heterocycles. The second-order valence-corrected chi connectivity index (χ2v) is 7.90.